The van der Waals surface area contributed by atoms with E-state index in [9.17, 15) is 18.8 Å². The number of rotatable bonds is 4. The first-order chi connectivity index (χ1) is 11.5. The van der Waals surface area contributed by atoms with Crippen molar-refractivity contribution >= 4 is 23.3 Å². The lowest BCUT2D eigenvalue weighted by atomic mass is 9.96. The summed E-state index contributed by atoms with van der Waals surface area (Å²) in [7, 11) is 0. The molecule has 128 valence electrons. The number of nitrogens with one attached hydrogen (secondary N) is 1. The average molecular weight is 332 g/mol. The van der Waals surface area contributed by atoms with E-state index in [-0.39, 0.29) is 40.7 Å². The average Bonchev–Trinajstić information content (AvgIpc) is 3.39. The molecule has 1 N–H and O–H groups in total. The van der Waals surface area contributed by atoms with Gasteiger partial charge < -0.3 is 10.2 Å². The van der Waals surface area contributed by atoms with E-state index in [4.69, 9.17) is 0 Å². The smallest absolute Gasteiger partial charge is 0.229 e. The minimum atomic E-state index is -0.510. The van der Waals surface area contributed by atoms with E-state index in [1.54, 1.807) is 4.90 Å². The van der Waals surface area contributed by atoms with Crippen molar-refractivity contribution in [1.82, 2.24) is 4.90 Å². The maximum absolute atomic E-state index is 13.5. The van der Waals surface area contributed by atoms with E-state index in [2.05, 4.69) is 5.32 Å². The van der Waals surface area contributed by atoms with Crippen LogP contribution in [0, 0.1) is 17.7 Å². The van der Waals surface area contributed by atoms with Gasteiger partial charge in [-0.15, -0.1) is 0 Å². The second kappa shape index (κ2) is 6.71. The van der Waals surface area contributed by atoms with Crippen LogP contribution < -0.4 is 5.32 Å². The number of carbonyl (C=O) groups is 3. The number of halogens is 1. The fraction of sp³-hybridized carbons (Fsp3) is 0.500. The van der Waals surface area contributed by atoms with Gasteiger partial charge in [-0.05, 0) is 50.8 Å². The third-order valence-electron chi connectivity index (χ3n) is 4.65. The van der Waals surface area contributed by atoms with Crippen LogP contribution in [0.3, 0.4) is 0 Å². The predicted octanol–water partition coefficient (Wildman–Crippen LogP) is 2.62. The Labute approximate surface area is 140 Å². The molecule has 6 heteroatoms. The molecule has 0 bridgehead atoms. The van der Waals surface area contributed by atoms with Gasteiger partial charge in [0.1, 0.15) is 5.82 Å². The number of ketones is 1. The number of nitrogens with zero attached hydrogens (tertiary/aromatic N) is 1. The zero-order chi connectivity index (χ0) is 17.3. The number of benzene rings is 1. The van der Waals surface area contributed by atoms with Crippen molar-refractivity contribution in [3.63, 3.8) is 0 Å². The molecule has 2 fully saturated rings. The van der Waals surface area contributed by atoms with Crippen molar-refractivity contribution in [2.45, 2.75) is 32.6 Å². The summed E-state index contributed by atoms with van der Waals surface area (Å²) in [5, 5.41) is 2.67. The summed E-state index contributed by atoms with van der Waals surface area (Å²) in [6.07, 6.45) is 3.35. The molecule has 1 aromatic rings. The van der Waals surface area contributed by atoms with E-state index in [1.807, 2.05) is 0 Å². The van der Waals surface area contributed by atoms with Crippen molar-refractivity contribution in [3.05, 3.63) is 29.6 Å². The lowest BCUT2D eigenvalue weighted by Crippen LogP contribution is -2.44. The molecule has 0 aromatic heterocycles. The molecule has 1 saturated heterocycles. The maximum atomic E-state index is 13.5. The van der Waals surface area contributed by atoms with Gasteiger partial charge in [0, 0.05) is 24.6 Å². The van der Waals surface area contributed by atoms with E-state index in [1.165, 1.54) is 19.1 Å². The highest BCUT2D eigenvalue weighted by molar-refractivity contribution is 6.04. The molecule has 0 spiro atoms. The molecule has 3 rings (SSSR count). The minimum absolute atomic E-state index is 0.138. The Morgan fingerprint density at radius 3 is 2.58 bits per heavy atom. The van der Waals surface area contributed by atoms with Crippen molar-refractivity contribution < 1.29 is 18.8 Å². The number of hydrogen-bond donors (Lipinski definition) is 1. The highest BCUT2D eigenvalue weighted by atomic mass is 19.1. The molecule has 24 heavy (non-hydrogen) atoms. The van der Waals surface area contributed by atoms with Crippen LogP contribution in [-0.4, -0.2) is 35.6 Å². The molecule has 0 unspecified atom stereocenters. The number of likely N-dealkylation sites (tertiary alicyclic amines) is 1. The molecule has 1 aliphatic carbocycles. The summed E-state index contributed by atoms with van der Waals surface area (Å²) in [6, 6.07) is 3.73. The molecule has 1 heterocycles. The van der Waals surface area contributed by atoms with Gasteiger partial charge in [-0.1, -0.05) is 0 Å². The van der Waals surface area contributed by atoms with Gasteiger partial charge in [0.2, 0.25) is 11.8 Å². The Morgan fingerprint density at radius 1 is 1.17 bits per heavy atom. The summed E-state index contributed by atoms with van der Waals surface area (Å²) in [5.41, 5.74) is 0.476. The number of Topliss-reactive ketones (excluding diaryl/α,β-unsaturated/α-hetero) is 1. The zero-order valence-electron chi connectivity index (χ0n) is 13.7. The monoisotopic (exact) mass is 332 g/mol. The summed E-state index contributed by atoms with van der Waals surface area (Å²) >= 11 is 0. The van der Waals surface area contributed by atoms with Crippen LogP contribution in [0.25, 0.3) is 0 Å². The van der Waals surface area contributed by atoms with E-state index >= 15 is 0 Å². The van der Waals surface area contributed by atoms with Crippen LogP contribution in [0.4, 0.5) is 10.1 Å². The Balaban J connectivity index is 1.69. The Kier molecular flexibility index (Phi) is 4.64. The van der Waals surface area contributed by atoms with Gasteiger partial charge in [-0.25, -0.2) is 4.39 Å². The van der Waals surface area contributed by atoms with Gasteiger partial charge in [0.05, 0.1) is 11.6 Å². The zero-order valence-corrected chi connectivity index (χ0v) is 13.7. The molecule has 1 atom stereocenters. The first-order valence-electron chi connectivity index (χ1n) is 8.36. The highest BCUT2D eigenvalue weighted by Crippen LogP contribution is 2.32. The third-order valence-corrected chi connectivity index (χ3v) is 4.65. The Hall–Kier alpha value is -2.24. The number of hydrogen-bond acceptors (Lipinski definition) is 3. The standard InChI is InChI=1S/C18H21FN2O3/c1-11(22)15-7-6-14(19)9-16(15)20-17(23)13-3-2-8-21(10-13)18(24)12-4-5-12/h6-7,9,12-13H,2-5,8,10H2,1H3,(H,20,23)/t13-/m0/s1. The quantitative estimate of drug-likeness (QED) is 0.862. The SMILES string of the molecule is CC(=O)c1ccc(F)cc1NC(=O)[C@H]1CCCN(C(=O)C2CC2)C1. The van der Waals surface area contributed by atoms with Gasteiger partial charge in [0.25, 0.3) is 0 Å². The predicted molar refractivity (Wildman–Crippen MR) is 87.1 cm³/mol. The second-order valence-electron chi connectivity index (χ2n) is 6.63. The molecule has 1 saturated carbocycles. The van der Waals surface area contributed by atoms with Crippen LogP contribution in [-0.2, 0) is 9.59 Å². The molecule has 2 aliphatic rings. The first-order valence-corrected chi connectivity index (χ1v) is 8.36. The number of amides is 2. The summed E-state index contributed by atoms with van der Waals surface area (Å²) in [4.78, 5) is 38.1. The van der Waals surface area contributed by atoms with Crippen LogP contribution in [0.5, 0.6) is 0 Å². The topological polar surface area (TPSA) is 66.5 Å². The molecule has 0 radical (unpaired) electrons. The Bertz CT molecular complexity index is 685. The Morgan fingerprint density at radius 2 is 1.92 bits per heavy atom. The van der Waals surface area contributed by atoms with Gasteiger partial charge in [-0.3, -0.25) is 14.4 Å². The number of piperidine rings is 1. The van der Waals surface area contributed by atoms with Crippen molar-refractivity contribution in [2.24, 2.45) is 11.8 Å². The van der Waals surface area contributed by atoms with Crippen LogP contribution in [0.1, 0.15) is 43.0 Å². The summed E-state index contributed by atoms with van der Waals surface area (Å²) in [5.74, 6) is -1.06. The fourth-order valence-electron chi connectivity index (χ4n) is 3.14. The fourth-order valence-corrected chi connectivity index (χ4v) is 3.14. The third kappa shape index (κ3) is 3.63. The van der Waals surface area contributed by atoms with E-state index in [0.717, 1.165) is 25.3 Å². The molecule has 1 aliphatic heterocycles. The first kappa shape index (κ1) is 16.6. The van der Waals surface area contributed by atoms with Gasteiger partial charge in [-0.2, -0.15) is 0 Å². The molecular formula is C18H21FN2O3. The lowest BCUT2D eigenvalue weighted by Gasteiger charge is -2.32. The van der Waals surface area contributed by atoms with Gasteiger partial charge >= 0.3 is 0 Å². The van der Waals surface area contributed by atoms with E-state index in [0.29, 0.717) is 19.5 Å². The van der Waals surface area contributed by atoms with Crippen LogP contribution in [0.2, 0.25) is 0 Å². The van der Waals surface area contributed by atoms with Crippen molar-refractivity contribution in [2.75, 3.05) is 18.4 Å². The number of anilines is 1. The molecule has 5 nitrogen and oxygen atoms in total. The second-order valence-corrected chi connectivity index (χ2v) is 6.63. The summed E-state index contributed by atoms with van der Waals surface area (Å²) in [6.45, 7) is 2.46. The summed E-state index contributed by atoms with van der Waals surface area (Å²) < 4.78 is 13.5. The van der Waals surface area contributed by atoms with Gasteiger partial charge in [0.15, 0.2) is 5.78 Å². The number of carbonyl (C=O) groups excluding carboxylic acids is 3. The normalized spacial score (nSPS) is 20.6. The van der Waals surface area contributed by atoms with Crippen molar-refractivity contribution in [1.29, 1.82) is 0 Å². The van der Waals surface area contributed by atoms with Crippen LogP contribution in [0.15, 0.2) is 18.2 Å². The minimum Gasteiger partial charge on any atom is -0.342 e. The molecule has 1 aromatic carbocycles. The molecular weight excluding hydrogens is 311 g/mol. The van der Waals surface area contributed by atoms with Crippen LogP contribution >= 0.6 is 0 Å². The highest BCUT2D eigenvalue weighted by Gasteiger charge is 2.36. The lowest BCUT2D eigenvalue weighted by molar-refractivity contribution is -0.135. The van der Waals surface area contributed by atoms with E-state index < -0.39 is 5.82 Å². The largest absolute Gasteiger partial charge is 0.342 e. The molecule has 2 amide bonds. The van der Waals surface area contributed by atoms with Crippen molar-refractivity contribution in [3.8, 4) is 0 Å². The maximum Gasteiger partial charge on any atom is 0.229 e.